The molecule has 2 aromatic rings. The number of hydrogen-bond donors (Lipinski definition) is 1. The van der Waals surface area contributed by atoms with Crippen LogP contribution in [-0.2, 0) is 0 Å². The molecule has 0 spiro atoms. The first kappa shape index (κ1) is 13.9. The summed E-state index contributed by atoms with van der Waals surface area (Å²) in [4.78, 5) is 12.3. The van der Waals surface area contributed by atoms with Crippen molar-refractivity contribution in [1.82, 2.24) is 0 Å². The molecule has 0 aromatic heterocycles. The molecule has 0 saturated heterocycles. The van der Waals surface area contributed by atoms with Crippen molar-refractivity contribution >= 4 is 27.5 Å². The molecule has 0 atom stereocenters. The van der Waals surface area contributed by atoms with Gasteiger partial charge in [-0.05, 0) is 52.7 Å². The van der Waals surface area contributed by atoms with Gasteiger partial charge in [0.1, 0.15) is 13.2 Å². The molecular weight excluding hydrogens is 334 g/mol. The van der Waals surface area contributed by atoms with Crippen LogP contribution in [0.5, 0.6) is 11.5 Å². The van der Waals surface area contributed by atoms with Crippen molar-refractivity contribution in [3.63, 3.8) is 0 Å². The molecule has 0 fully saturated rings. The van der Waals surface area contributed by atoms with Crippen LogP contribution in [0.4, 0.5) is 5.69 Å². The third-order valence-corrected chi connectivity index (χ3v) is 3.83. The molecule has 0 unspecified atom stereocenters. The SMILES string of the molecule is Cc1ccc(C(=O)Nc2ccc3c(c2)OCCO3)c(Br)c1. The molecule has 0 radical (unpaired) electrons. The van der Waals surface area contributed by atoms with Crippen LogP contribution in [0.15, 0.2) is 40.9 Å². The zero-order valence-corrected chi connectivity index (χ0v) is 13.1. The Labute approximate surface area is 131 Å². The highest BCUT2D eigenvalue weighted by Crippen LogP contribution is 2.32. The van der Waals surface area contributed by atoms with E-state index in [4.69, 9.17) is 9.47 Å². The second kappa shape index (κ2) is 5.77. The van der Waals surface area contributed by atoms with Gasteiger partial charge in [-0.2, -0.15) is 0 Å². The largest absolute Gasteiger partial charge is 0.486 e. The smallest absolute Gasteiger partial charge is 0.256 e. The maximum atomic E-state index is 12.3. The number of ether oxygens (including phenoxy) is 2. The van der Waals surface area contributed by atoms with Crippen LogP contribution >= 0.6 is 15.9 Å². The Bertz CT molecular complexity index is 700. The third-order valence-electron chi connectivity index (χ3n) is 3.17. The van der Waals surface area contributed by atoms with Gasteiger partial charge in [-0.25, -0.2) is 0 Å². The first-order chi connectivity index (χ1) is 10.1. The number of aryl methyl sites for hydroxylation is 1. The summed E-state index contributed by atoms with van der Waals surface area (Å²) in [6, 6.07) is 11.0. The van der Waals surface area contributed by atoms with E-state index in [1.165, 1.54) is 0 Å². The van der Waals surface area contributed by atoms with Gasteiger partial charge >= 0.3 is 0 Å². The van der Waals surface area contributed by atoms with Crippen molar-refractivity contribution in [3.05, 3.63) is 52.0 Å². The Hall–Kier alpha value is -2.01. The van der Waals surface area contributed by atoms with E-state index in [0.717, 1.165) is 10.0 Å². The van der Waals surface area contributed by atoms with Crippen LogP contribution in [0.25, 0.3) is 0 Å². The molecule has 0 aliphatic carbocycles. The lowest BCUT2D eigenvalue weighted by Gasteiger charge is -2.19. The van der Waals surface area contributed by atoms with Crippen molar-refractivity contribution < 1.29 is 14.3 Å². The molecule has 1 aliphatic heterocycles. The Morgan fingerprint density at radius 1 is 1.10 bits per heavy atom. The monoisotopic (exact) mass is 347 g/mol. The molecule has 1 aliphatic rings. The number of amides is 1. The minimum Gasteiger partial charge on any atom is -0.486 e. The molecule has 3 rings (SSSR count). The van der Waals surface area contributed by atoms with Gasteiger partial charge in [0.05, 0.1) is 5.56 Å². The Kier molecular flexibility index (Phi) is 3.84. The number of rotatable bonds is 2. The van der Waals surface area contributed by atoms with Crippen LogP contribution in [-0.4, -0.2) is 19.1 Å². The van der Waals surface area contributed by atoms with E-state index in [1.807, 2.05) is 19.1 Å². The number of carbonyl (C=O) groups is 1. The van der Waals surface area contributed by atoms with Gasteiger partial charge in [0.15, 0.2) is 11.5 Å². The van der Waals surface area contributed by atoms with Crippen LogP contribution in [0, 0.1) is 6.92 Å². The summed E-state index contributed by atoms with van der Waals surface area (Å²) in [7, 11) is 0. The zero-order chi connectivity index (χ0) is 14.8. The minimum absolute atomic E-state index is 0.168. The number of carbonyl (C=O) groups excluding carboxylic acids is 1. The van der Waals surface area contributed by atoms with Gasteiger partial charge in [-0.1, -0.05) is 6.07 Å². The molecule has 1 heterocycles. The Morgan fingerprint density at radius 2 is 1.86 bits per heavy atom. The number of benzene rings is 2. The molecule has 4 nitrogen and oxygen atoms in total. The molecule has 0 saturated carbocycles. The van der Waals surface area contributed by atoms with E-state index >= 15 is 0 Å². The van der Waals surface area contributed by atoms with E-state index in [1.54, 1.807) is 24.3 Å². The highest BCUT2D eigenvalue weighted by atomic mass is 79.9. The lowest BCUT2D eigenvalue weighted by Crippen LogP contribution is -2.16. The first-order valence-electron chi connectivity index (χ1n) is 6.60. The van der Waals surface area contributed by atoms with Gasteiger partial charge in [0.25, 0.3) is 5.91 Å². The quantitative estimate of drug-likeness (QED) is 0.899. The summed E-state index contributed by atoms with van der Waals surface area (Å²) < 4.78 is 11.7. The molecule has 1 N–H and O–H groups in total. The van der Waals surface area contributed by atoms with E-state index < -0.39 is 0 Å². The van der Waals surface area contributed by atoms with Gasteiger partial charge in [0.2, 0.25) is 0 Å². The lowest BCUT2D eigenvalue weighted by atomic mass is 10.1. The molecule has 1 amide bonds. The fourth-order valence-corrected chi connectivity index (χ4v) is 2.80. The maximum absolute atomic E-state index is 12.3. The van der Waals surface area contributed by atoms with E-state index in [2.05, 4.69) is 21.2 Å². The number of fused-ring (bicyclic) bond motifs is 1. The summed E-state index contributed by atoms with van der Waals surface area (Å²) in [5.41, 5.74) is 2.37. The second-order valence-electron chi connectivity index (χ2n) is 4.80. The van der Waals surface area contributed by atoms with Gasteiger partial charge < -0.3 is 14.8 Å². The van der Waals surface area contributed by atoms with Crippen molar-refractivity contribution in [2.45, 2.75) is 6.92 Å². The van der Waals surface area contributed by atoms with Crippen LogP contribution in [0.3, 0.4) is 0 Å². The second-order valence-corrected chi connectivity index (χ2v) is 5.65. The molecular formula is C16H14BrNO3. The van der Waals surface area contributed by atoms with Gasteiger partial charge in [-0.3, -0.25) is 4.79 Å². The summed E-state index contributed by atoms with van der Waals surface area (Å²) in [6.45, 7) is 3.05. The minimum atomic E-state index is -0.168. The predicted molar refractivity (Wildman–Crippen MR) is 84.3 cm³/mol. The topological polar surface area (TPSA) is 47.6 Å². The van der Waals surface area contributed by atoms with Crippen LogP contribution in [0.2, 0.25) is 0 Å². The number of hydrogen-bond acceptors (Lipinski definition) is 3. The van der Waals surface area contributed by atoms with Crippen molar-refractivity contribution in [1.29, 1.82) is 0 Å². The van der Waals surface area contributed by atoms with Crippen molar-refractivity contribution in [3.8, 4) is 11.5 Å². The highest BCUT2D eigenvalue weighted by Gasteiger charge is 2.14. The highest BCUT2D eigenvalue weighted by molar-refractivity contribution is 9.10. The first-order valence-corrected chi connectivity index (χ1v) is 7.40. The van der Waals surface area contributed by atoms with E-state index in [0.29, 0.717) is 36.0 Å². The van der Waals surface area contributed by atoms with E-state index in [-0.39, 0.29) is 5.91 Å². The standard InChI is InChI=1S/C16H14BrNO3/c1-10-2-4-12(13(17)8-10)16(19)18-11-3-5-14-15(9-11)21-7-6-20-14/h2-5,8-9H,6-7H2,1H3,(H,18,19). The molecule has 2 aromatic carbocycles. The zero-order valence-electron chi connectivity index (χ0n) is 11.5. The van der Waals surface area contributed by atoms with Gasteiger partial charge in [-0.15, -0.1) is 0 Å². The maximum Gasteiger partial charge on any atom is 0.256 e. The predicted octanol–water partition coefficient (Wildman–Crippen LogP) is 3.78. The van der Waals surface area contributed by atoms with Crippen molar-refractivity contribution in [2.75, 3.05) is 18.5 Å². The number of halogens is 1. The van der Waals surface area contributed by atoms with Crippen LogP contribution < -0.4 is 14.8 Å². The summed E-state index contributed by atoms with van der Waals surface area (Å²) in [6.07, 6.45) is 0. The fourth-order valence-electron chi connectivity index (χ4n) is 2.12. The lowest BCUT2D eigenvalue weighted by molar-refractivity contribution is 0.102. The average Bonchev–Trinajstić information content (AvgIpc) is 2.47. The van der Waals surface area contributed by atoms with Gasteiger partial charge in [0, 0.05) is 16.2 Å². The Balaban J connectivity index is 1.81. The summed E-state index contributed by atoms with van der Waals surface area (Å²) in [5, 5.41) is 2.86. The number of nitrogens with one attached hydrogen (secondary N) is 1. The molecule has 21 heavy (non-hydrogen) atoms. The normalized spacial score (nSPS) is 12.9. The Morgan fingerprint density at radius 3 is 2.62 bits per heavy atom. The molecule has 108 valence electrons. The third kappa shape index (κ3) is 3.03. The molecule has 5 heteroatoms. The van der Waals surface area contributed by atoms with Crippen LogP contribution in [0.1, 0.15) is 15.9 Å². The fraction of sp³-hybridized carbons (Fsp3) is 0.188. The summed E-state index contributed by atoms with van der Waals surface area (Å²) >= 11 is 3.42. The van der Waals surface area contributed by atoms with E-state index in [9.17, 15) is 4.79 Å². The summed E-state index contributed by atoms with van der Waals surface area (Å²) in [5.74, 6) is 1.19. The number of anilines is 1. The average molecular weight is 348 g/mol. The van der Waals surface area contributed by atoms with Crippen molar-refractivity contribution in [2.24, 2.45) is 0 Å². The molecule has 0 bridgehead atoms.